The van der Waals surface area contributed by atoms with Crippen LogP contribution in [0.3, 0.4) is 0 Å². The lowest BCUT2D eigenvalue weighted by atomic mass is 9.92. The highest BCUT2D eigenvalue weighted by Gasteiger charge is 2.43. The molecule has 2 fully saturated rings. The van der Waals surface area contributed by atoms with Crippen LogP contribution < -0.4 is 4.74 Å². The van der Waals surface area contributed by atoms with Crippen molar-refractivity contribution in [3.05, 3.63) is 29.8 Å². The van der Waals surface area contributed by atoms with E-state index in [1.165, 1.54) is 0 Å². The summed E-state index contributed by atoms with van der Waals surface area (Å²) < 4.78 is 5.39. The molecule has 0 bridgehead atoms. The van der Waals surface area contributed by atoms with Crippen molar-refractivity contribution >= 4 is 5.91 Å². The number of benzene rings is 1. The third-order valence-electron chi connectivity index (χ3n) is 5.59. The Morgan fingerprint density at radius 1 is 1.23 bits per heavy atom. The van der Waals surface area contributed by atoms with Gasteiger partial charge in [-0.15, -0.1) is 0 Å². The normalized spacial score (nSPS) is 23.8. The summed E-state index contributed by atoms with van der Waals surface area (Å²) in [5.41, 5.74) is 0.815. The zero-order chi connectivity index (χ0) is 18.9. The second kappa shape index (κ2) is 7.57. The van der Waals surface area contributed by atoms with Gasteiger partial charge in [0.15, 0.2) is 0 Å². The Labute approximate surface area is 157 Å². The molecule has 0 N–H and O–H groups in total. The van der Waals surface area contributed by atoms with Crippen LogP contribution in [0.25, 0.3) is 0 Å². The monoisotopic (exact) mass is 359 g/mol. The number of carbonyl (C=O) groups is 1. The second-order valence-corrected chi connectivity index (χ2v) is 8.70. The van der Waals surface area contributed by atoms with Crippen molar-refractivity contribution in [2.24, 2.45) is 5.92 Å². The summed E-state index contributed by atoms with van der Waals surface area (Å²) in [4.78, 5) is 20.3. The summed E-state index contributed by atoms with van der Waals surface area (Å²) in [6.07, 6.45) is 0. The first-order valence-corrected chi connectivity index (χ1v) is 9.73. The predicted molar refractivity (Wildman–Crippen MR) is 105 cm³/mol. The molecular weight excluding hydrogens is 326 g/mol. The van der Waals surface area contributed by atoms with Gasteiger partial charge in [0.05, 0.1) is 12.7 Å². The number of amides is 1. The van der Waals surface area contributed by atoms with Crippen molar-refractivity contribution in [1.82, 2.24) is 14.7 Å². The third kappa shape index (κ3) is 3.89. The minimum Gasteiger partial charge on any atom is -0.496 e. The van der Waals surface area contributed by atoms with Crippen LogP contribution in [0, 0.1) is 5.92 Å². The van der Waals surface area contributed by atoms with E-state index in [9.17, 15) is 4.79 Å². The van der Waals surface area contributed by atoms with Gasteiger partial charge in [0.25, 0.3) is 5.91 Å². The van der Waals surface area contributed by atoms with Gasteiger partial charge in [0.2, 0.25) is 0 Å². The molecule has 0 aliphatic carbocycles. The fourth-order valence-electron chi connectivity index (χ4n) is 4.64. The van der Waals surface area contributed by atoms with Gasteiger partial charge in [0.1, 0.15) is 5.75 Å². The summed E-state index contributed by atoms with van der Waals surface area (Å²) in [5, 5.41) is 0. The Hall–Kier alpha value is -1.59. The van der Waals surface area contributed by atoms with E-state index < -0.39 is 0 Å². The van der Waals surface area contributed by atoms with Gasteiger partial charge in [-0.1, -0.05) is 26.0 Å². The highest BCUT2D eigenvalue weighted by Crippen LogP contribution is 2.29. The Morgan fingerprint density at radius 3 is 2.65 bits per heavy atom. The zero-order valence-electron chi connectivity index (χ0n) is 16.9. The fourth-order valence-corrected chi connectivity index (χ4v) is 4.64. The van der Waals surface area contributed by atoms with E-state index in [4.69, 9.17) is 4.74 Å². The van der Waals surface area contributed by atoms with E-state index in [0.717, 1.165) is 39.3 Å². The largest absolute Gasteiger partial charge is 0.496 e. The standard InChI is InChI=1S/C21H33N3O2/c1-16(2)12-22-13-17-14-23(10-11-24(17)21(3,4)15-22)20(25)18-8-6-7-9-19(18)26-5/h6-9,16-17H,10-15H2,1-5H3. The first-order chi connectivity index (χ1) is 12.3. The first kappa shape index (κ1) is 19.2. The summed E-state index contributed by atoms with van der Waals surface area (Å²) in [5.74, 6) is 1.40. The molecule has 0 aromatic heterocycles. The highest BCUT2D eigenvalue weighted by atomic mass is 16.5. The topological polar surface area (TPSA) is 36.0 Å². The average molecular weight is 360 g/mol. The molecule has 26 heavy (non-hydrogen) atoms. The Bertz CT molecular complexity index is 644. The molecule has 2 aliphatic rings. The minimum absolute atomic E-state index is 0.0842. The number of ether oxygens (including phenoxy) is 1. The van der Waals surface area contributed by atoms with Gasteiger partial charge >= 0.3 is 0 Å². The maximum absolute atomic E-state index is 13.1. The molecule has 0 radical (unpaired) electrons. The molecule has 1 aromatic rings. The van der Waals surface area contributed by atoms with E-state index in [0.29, 0.717) is 23.3 Å². The maximum Gasteiger partial charge on any atom is 0.257 e. The number of piperazine rings is 2. The fraction of sp³-hybridized carbons (Fsp3) is 0.667. The molecule has 1 unspecified atom stereocenters. The molecule has 1 aromatic carbocycles. The third-order valence-corrected chi connectivity index (χ3v) is 5.59. The van der Waals surface area contributed by atoms with Crippen LogP contribution in [-0.4, -0.2) is 78.6 Å². The average Bonchev–Trinajstić information content (AvgIpc) is 2.59. The lowest BCUT2D eigenvalue weighted by Crippen LogP contribution is -2.70. The molecule has 0 saturated carbocycles. The summed E-state index contributed by atoms with van der Waals surface area (Å²) in [7, 11) is 1.62. The lowest BCUT2D eigenvalue weighted by molar-refractivity contribution is -0.0613. The smallest absolute Gasteiger partial charge is 0.257 e. The molecule has 2 heterocycles. The summed E-state index contributed by atoms with van der Waals surface area (Å²) in [6, 6.07) is 7.92. The number of nitrogens with zero attached hydrogens (tertiary/aromatic N) is 3. The molecule has 0 spiro atoms. The molecule has 2 aliphatic heterocycles. The van der Waals surface area contributed by atoms with Crippen LogP contribution in [0.4, 0.5) is 0 Å². The Morgan fingerprint density at radius 2 is 1.96 bits per heavy atom. The van der Waals surface area contributed by atoms with Crippen molar-refractivity contribution in [2.45, 2.75) is 39.3 Å². The van der Waals surface area contributed by atoms with Crippen molar-refractivity contribution in [1.29, 1.82) is 0 Å². The van der Waals surface area contributed by atoms with Crippen LogP contribution in [-0.2, 0) is 0 Å². The number of methoxy groups -OCH3 is 1. The molecular formula is C21H33N3O2. The molecule has 1 atom stereocenters. The highest BCUT2D eigenvalue weighted by molar-refractivity contribution is 5.97. The minimum atomic E-state index is 0.0842. The second-order valence-electron chi connectivity index (χ2n) is 8.70. The van der Waals surface area contributed by atoms with Gasteiger partial charge in [-0.05, 0) is 31.9 Å². The first-order valence-electron chi connectivity index (χ1n) is 9.73. The van der Waals surface area contributed by atoms with Gasteiger partial charge in [-0.25, -0.2) is 0 Å². The van der Waals surface area contributed by atoms with Crippen molar-refractivity contribution in [3.8, 4) is 5.75 Å². The van der Waals surface area contributed by atoms with Crippen LogP contribution >= 0.6 is 0 Å². The van der Waals surface area contributed by atoms with Gasteiger partial charge in [0, 0.05) is 50.8 Å². The number of hydrogen-bond acceptors (Lipinski definition) is 4. The van der Waals surface area contributed by atoms with E-state index in [-0.39, 0.29) is 11.4 Å². The van der Waals surface area contributed by atoms with Gasteiger partial charge < -0.3 is 9.64 Å². The van der Waals surface area contributed by atoms with E-state index >= 15 is 0 Å². The van der Waals surface area contributed by atoms with E-state index in [1.807, 2.05) is 29.2 Å². The number of hydrogen-bond donors (Lipinski definition) is 0. The van der Waals surface area contributed by atoms with Crippen molar-refractivity contribution in [3.63, 3.8) is 0 Å². The molecule has 2 saturated heterocycles. The molecule has 144 valence electrons. The quantitative estimate of drug-likeness (QED) is 0.828. The zero-order valence-corrected chi connectivity index (χ0v) is 16.9. The van der Waals surface area contributed by atoms with Crippen LogP contribution in [0.5, 0.6) is 5.75 Å². The van der Waals surface area contributed by atoms with Crippen LogP contribution in [0.2, 0.25) is 0 Å². The number of carbonyl (C=O) groups excluding carboxylic acids is 1. The maximum atomic E-state index is 13.1. The van der Waals surface area contributed by atoms with Crippen LogP contribution in [0.1, 0.15) is 38.1 Å². The Balaban J connectivity index is 1.75. The summed E-state index contributed by atoms with van der Waals surface area (Å²) in [6.45, 7) is 15.0. The van der Waals surface area contributed by atoms with Crippen LogP contribution in [0.15, 0.2) is 24.3 Å². The van der Waals surface area contributed by atoms with E-state index in [2.05, 4.69) is 37.5 Å². The molecule has 5 heteroatoms. The predicted octanol–water partition coefficient (Wildman–Crippen LogP) is 2.57. The SMILES string of the molecule is COc1ccccc1C(=O)N1CCN2C(CN(CC(C)C)CC2(C)C)C1. The number of rotatable bonds is 4. The molecule has 5 nitrogen and oxygen atoms in total. The van der Waals surface area contributed by atoms with Gasteiger partial charge in [-0.3, -0.25) is 14.6 Å². The number of fused-ring (bicyclic) bond motifs is 1. The lowest BCUT2D eigenvalue weighted by Gasteiger charge is -2.55. The van der Waals surface area contributed by atoms with Crippen molar-refractivity contribution < 1.29 is 9.53 Å². The molecule has 3 rings (SSSR count). The molecule has 1 amide bonds. The van der Waals surface area contributed by atoms with Gasteiger partial charge in [-0.2, -0.15) is 0 Å². The number of para-hydroxylation sites is 1. The van der Waals surface area contributed by atoms with Crippen molar-refractivity contribution in [2.75, 3.05) is 46.4 Å². The van der Waals surface area contributed by atoms with E-state index in [1.54, 1.807) is 7.11 Å². The summed E-state index contributed by atoms with van der Waals surface area (Å²) >= 11 is 0. The Kier molecular flexibility index (Phi) is 5.58.